The van der Waals surface area contributed by atoms with Crippen molar-refractivity contribution in [3.05, 3.63) is 84.3 Å². The van der Waals surface area contributed by atoms with Crippen molar-refractivity contribution in [2.45, 2.75) is 0 Å². The van der Waals surface area contributed by atoms with Crippen LogP contribution in [-0.4, -0.2) is 51.8 Å². The van der Waals surface area contributed by atoms with E-state index in [4.69, 9.17) is 18.6 Å². The van der Waals surface area contributed by atoms with Crippen molar-refractivity contribution in [1.82, 2.24) is 15.3 Å². The van der Waals surface area contributed by atoms with E-state index in [1.807, 2.05) is 30.3 Å². The number of amides is 1. The molecule has 0 saturated carbocycles. The van der Waals surface area contributed by atoms with Crippen molar-refractivity contribution in [3.8, 4) is 39.9 Å². The lowest BCUT2D eigenvalue weighted by atomic mass is 10.0. The molecule has 3 aromatic heterocycles. The molecule has 6 aromatic rings. The van der Waals surface area contributed by atoms with Crippen LogP contribution in [0.5, 0.6) is 5.75 Å². The second-order valence-electron chi connectivity index (χ2n) is 9.75. The molecule has 0 aliphatic rings. The van der Waals surface area contributed by atoms with Crippen molar-refractivity contribution < 1.29 is 31.2 Å². The second-order valence-corrected chi connectivity index (χ2v) is 11.8. The number of nitrogens with one attached hydrogen (secondary N) is 1. The maximum atomic E-state index is 13.7. The normalized spacial score (nSPS) is 11.7. The van der Waals surface area contributed by atoms with E-state index in [-0.39, 0.29) is 39.9 Å². The van der Waals surface area contributed by atoms with E-state index in [1.165, 1.54) is 57.7 Å². The van der Waals surface area contributed by atoms with Gasteiger partial charge >= 0.3 is 0 Å². The predicted octanol–water partition coefficient (Wildman–Crippen LogP) is 5.87. The third kappa shape index (κ3) is 4.95. The minimum absolute atomic E-state index is 0.185. The Morgan fingerprint density at radius 2 is 1.77 bits per heavy atom. The summed E-state index contributed by atoms with van der Waals surface area (Å²) in [5.41, 5.74) is 2.33. The number of ether oxygens (including phenoxy) is 1. The molecule has 3 heterocycles. The molecule has 1 N–H and O–H groups in total. The molecule has 3 aromatic carbocycles. The van der Waals surface area contributed by atoms with Crippen LogP contribution in [0.1, 0.15) is 10.4 Å². The number of anilines is 1. The Hall–Kier alpha value is -5.23. The van der Waals surface area contributed by atoms with Crippen LogP contribution in [0.15, 0.2) is 81.8 Å². The van der Waals surface area contributed by atoms with Gasteiger partial charge in [0.05, 0.1) is 30.8 Å². The number of benzene rings is 3. The number of methoxy groups -OCH3 is 1. The molecule has 0 unspecified atom stereocenters. The quantitative estimate of drug-likeness (QED) is 0.241. The molecule has 0 aliphatic heterocycles. The third-order valence-electron chi connectivity index (χ3n) is 7.08. The first-order chi connectivity index (χ1) is 20.6. The average molecular weight is 601 g/mol. The van der Waals surface area contributed by atoms with Gasteiger partial charge in [-0.15, -0.1) is 0 Å². The lowest BCUT2D eigenvalue weighted by molar-refractivity contribution is 0.0964. The minimum atomic E-state index is -3.77. The minimum Gasteiger partial charge on any atom is -0.493 e. The van der Waals surface area contributed by atoms with Gasteiger partial charge in [-0.2, -0.15) is 0 Å². The highest BCUT2D eigenvalue weighted by Gasteiger charge is 2.28. The standard InChI is InChI=1S/C31H25FN4O6S/c1-33-31(37)27-21-14-20(28-26(40-3)16-34-30(35-28)25-13-18-7-5-6-8-23(18)41-25)22(36(2)43(4,38)39)15-24(21)42-29(27)17-9-11-19(32)12-10-17/h5-16H,1-4H3,(H,33,37). The van der Waals surface area contributed by atoms with Gasteiger partial charge in [-0.1, -0.05) is 18.2 Å². The summed E-state index contributed by atoms with van der Waals surface area (Å²) in [4.78, 5) is 22.4. The van der Waals surface area contributed by atoms with Crippen molar-refractivity contribution in [1.29, 1.82) is 0 Å². The van der Waals surface area contributed by atoms with Crippen molar-refractivity contribution in [3.63, 3.8) is 0 Å². The first-order valence-electron chi connectivity index (χ1n) is 13.0. The number of para-hydroxylation sites is 1. The summed E-state index contributed by atoms with van der Waals surface area (Å²) in [6, 6.07) is 17.9. The zero-order valence-corrected chi connectivity index (χ0v) is 24.3. The SMILES string of the molecule is CNC(=O)c1c(-c2ccc(F)cc2)oc2cc(N(C)S(C)(=O)=O)c(-c3nc(-c4cc5ccccc5o4)ncc3OC)cc12. The maximum absolute atomic E-state index is 13.7. The van der Waals surface area contributed by atoms with Crippen LogP contribution >= 0.6 is 0 Å². The summed E-state index contributed by atoms with van der Waals surface area (Å²) in [5, 5.41) is 3.87. The van der Waals surface area contributed by atoms with Gasteiger partial charge in [-0.05, 0) is 42.5 Å². The van der Waals surface area contributed by atoms with Crippen LogP contribution in [0, 0.1) is 5.82 Å². The number of aromatic nitrogens is 2. The number of furan rings is 2. The number of sulfonamides is 1. The van der Waals surface area contributed by atoms with Crippen molar-refractivity contribution in [2.75, 3.05) is 31.8 Å². The van der Waals surface area contributed by atoms with Crippen LogP contribution in [0.3, 0.4) is 0 Å². The Morgan fingerprint density at radius 3 is 2.44 bits per heavy atom. The molecule has 10 nitrogen and oxygen atoms in total. The van der Waals surface area contributed by atoms with E-state index in [1.54, 1.807) is 6.07 Å². The number of carbonyl (C=O) groups is 1. The number of halogens is 1. The topological polar surface area (TPSA) is 128 Å². The Kier molecular flexibility index (Phi) is 6.85. The van der Waals surface area contributed by atoms with Crippen LogP contribution in [0.25, 0.3) is 56.1 Å². The summed E-state index contributed by atoms with van der Waals surface area (Å²) in [7, 11) is 0.561. The molecule has 0 fully saturated rings. The molecular formula is C31H25FN4O6S. The van der Waals surface area contributed by atoms with E-state index in [2.05, 4.69) is 10.3 Å². The fourth-order valence-corrected chi connectivity index (χ4v) is 5.35. The van der Waals surface area contributed by atoms with Gasteiger partial charge in [0.15, 0.2) is 17.3 Å². The van der Waals surface area contributed by atoms with E-state index in [0.29, 0.717) is 27.9 Å². The van der Waals surface area contributed by atoms with Gasteiger partial charge in [0, 0.05) is 42.1 Å². The Balaban J connectivity index is 1.65. The zero-order valence-electron chi connectivity index (χ0n) is 23.5. The highest BCUT2D eigenvalue weighted by atomic mass is 32.2. The van der Waals surface area contributed by atoms with Crippen molar-refractivity contribution in [2.24, 2.45) is 0 Å². The number of hydrogen-bond donors (Lipinski definition) is 1. The largest absolute Gasteiger partial charge is 0.493 e. The second kappa shape index (κ2) is 10.6. The third-order valence-corrected chi connectivity index (χ3v) is 8.27. The number of rotatable bonds is 7. The molecule has 218 valence electrons. The molecule has 0 aliphatic carbocycles. The lowest BCUT2D eigenvalue weighted by Gasteiger charge is -2.21. The molecule has 0 radical (unpaired) electrons. The summed E-state index contributed by atoms with van der Waals surface area (Å²) in [6.07, 6.45) is 2.54. The average Bonchev–Trinajstić information content (AvgIpc) is 3.61. The highest BCUT2D eigenvalue weighted by Crippen LogP contribution is 2.43. The monoisotopic (exact) mass is 600 g/mol. The molecule has 0 bridgehead atoms. The highest BCUT2D eigenvalue weighted by molar-refractivity contribution is 7.92. The van der Waals surface area contributed by atoms with Gasteiger partial charge < -0.3 is 18.9 Å². The molecule has 0 spiro atoms. The van der Waals surface area contributed by atoms with Gasteiger partial charge in [-0.3, -0.25) is 9.10 Å². The Labute approximate surface area is 245 Å². The van der Waals surface area contributed by atoms with Crippen LogP contribution in [0.2, 0.25) is 0 Å². The first-order valence-corrected chi connectivity index (χ1v) is 14.9. The summed E-state index contributed by atoms with van der Waals surface area (Å²) < 4.78 is 58.1. The van der Waals surface area contributed by atoms with E-state index in [0.717, 1.165) is 15.9 Å². The Bertz CT molecular complexity index is 2100. The maximum Gasteiger partial charge on any atom is 0.255 e. The van der Waals surface area contributed by atoms with Crippen LogP contribution in [-0.2, 0) is 10.0 Å². The fraction of sp³-hybridized carbons (Fsp3) is 0.129. The summed E-state index contributed by atoms with van der Waals surface area (Å²) >= 11 is 0. The van der Waals surface area contributed by atoms with Crippen molar-refractivity contribution >= 4 is 43.6 Å². The van der Waals surface area contributed by atoms with Gasteiger partial charge in [0.2, 0.25) is 10.0 Å². The number of fused-ring (bicyclic) bond motifs is 2. The molecule has 0 atom stereocenters. The predicted molar refractivity (Wildman–Crippen MR) is 161 cm³/mol. The molecule has 43 heavy (non-hydrogen) atoms. The van der Waals surface area contributed by atoms with Gasteiger partial charge in [0.1, 0.15) is 28.4 Å². The number of hydrogen-bond acceptors (Lipinski definition) is 8. The molecule has 1 amide bonds. The summed E-state index contributed by atoms with van der Waals surface area (Å²) in [5.74, 6) is 0.189. The smallest absolute Gasteiger partial charge is 0.255 e. The molecular weight excluding hydrogens is 575 g/mol. The molecule has 6 rings (SSSR count). The van der Waals surface area contributed by atoms with Crippen LogP contribution < -0.4 is 14.4 Å². The van der Waals surface area contributed by atoms with Gasteiger partial charge in [0.25, 0.3) is 5.91 Å². The molecule has 12 heteroatoms. The molecule has 0 saturated heterocycles. The zero-order chi connectivity index (χ0) is 30.5. The van der Waals surface area contributed by atoms with Gasteiger partial charge in [-0.25, -0.2) is 22.8 Å². The number of nitrogens with zero attached hydrogens (tertiary/aromatic N) is 3. The Morgan fingerprint density at radius 1 is 1.02 bits per heavy atom. The summed E-state index contributed by atoms with van der Waals surface area (Å²) in [6.45, 7) is 0. The van der Waals surface area contributed by atoms with E-state index < -0.39 is 21.7 Å². The fourth-order valence-electron chi connectivity index (χ4n) is 4.84. The van der Waals surface area contributed by atoms with E-state index >= 15 is 0 Å². The number of carbonyl (C=O) groups excluding carboxylic acids is 1. The lowest BCUT2D eigenvalue weighted by Crippen LogP contribution is -2.25. The van der Waals surface area contributed by atoms with E-state index in [9.17, 15) is 17.6 Å². The van der Waals surface area contributed by atoms with Crippen LogP contribution in [0.4, 0.5) is 10.1 Å². The first kappa shape index (κ1) is 27.9.